The van der Waals surface area contributed by atoms with Crippen molar-refractivity contribution >= 4 is 11.8 Å². The van der Waals surface area contributed by atoms with Crippen LogP contribution in [0.2, 0.25) is 0 Å². The Morgan fingerprint density at radius 2 is 1.70 bits per heavy atom. The number of ether oxygens (including phenoxy) is 1. The molecule has 7 heteroatoms. The average molecular weight is 447 g/mol. The zero-order chi connectivity index (χ0) is 23.4. The highest BCUT2D eigenvalue weighted by atomic mass is 16.5. The highest BCUT2D eigenvalue weighted by Gasteiger charge is 2.27. The number of piperidine rings is 1. The molecular formula is C26H30N4O3. The third kappa shape index (κ3) is 4.92. The minimum Gasteiger partial charge on any atom is -0.494 e. The van der Waals surface area contributed by atoms with Gasteiger partial charge in [-0.25, -0.2) is 4.68 Å². The van der Waals surface area contributed by atoms with E-state index in [2.05, 4.69) is 10.4 Å². The van der Waals surface area contributed by atoms with Gasteiger partial charge in [0.1, 0.15) is 5.75 Å². The van der Waals surface area contributed by atoms with Gasteiger partial charge in [0, 0.05) is 24.7 Å². The number of aryl methyl sites for hydroxylation is 1. The standard InChI is InChI=1S/C26H30N4O3/c1-4-33-23-12-10-20(11-13-23)26(32)29-16-14-21(15-17-29)27-25(31)24-18(2)28-30(19(24)3)22-8-6-5-7-9-22/h5-13,21H,4,14-17H2,1-3H3,(H,27,31). The van der Waals surface area contributed by atoms with E-state index in [1.165, 1.54) is 0 Å². The Morgan fingerprint density at radius 1 is 1.03 bits per heavy atom. The first-order chi connectivity index (χ1) is 16.0. The minimum absolute atomic E-state index is 0.0126. The van der Waals surface area contributed by atoms with E-state index in [4.69, 9.17) is 4.74 Å². The average Bonchev–Trinajstić information content (AvgIpc) is 3.14. The van der Waals surface area contributed by atoms with Crippen LogP contribution in [0.1, 0.15) is 51.9 Å². The number of likely N-dealkylation sites (tertiary alicyclic amines) is 1. The molecule has 1 fully saturated rings. The first-order valence-electron chi connectivity index (χ1n) is 11.4. The van der Waals surface area contributed by atoms with Crippen LogP contribution < -0.4 is 10.1 Å². The van der Waals surface area contributed by atoms with Crippen molar-refractivity contribution in [3.05, 3.63) is 77.1 Å². The van der Waals surface area contributed by atoms with E-state index in [9.17, 15) is 9.59 Å². The van der Waals surface area contributed by atoms with Gasteiger partial charge in [0.05, 0.1) is 29.2 Å². The number of aromatic nitrogens is 2. The van der Waals surface area contributed by atoms with E-state index >= 15 is 0 Å². The highest BCUT2D eigenvalue weighted by molar-refractivity contribution is 5.97. The van der Waals surface area contributed by atoms with Crippen molar-refractivity contribution in [2.75, 3.05) is 19.7 Å². The van der Waals surface area contributed by atoms with Gasteiger partial charge in [-0.05, 0) is 70.0 Å². The van der Waals surface area contributed by atoms with Crippen LogP contribution in [0.15, 0.2) is 54.6 Å². The predicted molar refractivity (Wildman–Crippen MR) is 127 cm³/mol. The van der Waals surface area contributed by atoms with Crippen molar-refractivity contribution in [3.63, 3.8) is 0 Å². The maximum absolute atomic E-state index is 13.1. The molecule has 7 nitrogen and oxygen atoms in total. The molecule has 2 aromatic carbocycles. The van der Waals surface area contributed by atoms with Gasteiger partial charge in [-0.2, -0.15) is 5.10 Å². The van der Waals surface area contributed by atoms with Gasteiger partial charge in [-0.1, -0.05) is 18.2 Å². The molecule has 2 amide bonds. The van der Waals surface area contributed by atoms with Crippen LogP contribution in [0.25, 0.3) is 5.69 Å². The highest BCUT2D eigenvalue weighted by Crippen LogP contribution is 2.20. The van der Waals surface area contributed by atoms with Gasteiger partial charge in [0.25, 0.3) is 11.8 Å². The maximum Gasteiger partial charge on any atom is 0.255 e. The van der Waals surface area contributed by atoms with Crippen LogP contribution in [-0.2, 0) is 0 Å². The lowest BCUT2D eigenvalue weighted by Gasteiger charge is -2.32. The Hall–Kier alpha value is -3.61. The molecule has 0 atom stereocenters. The first kappa shape index (κ1) is 22.6. The molecule has 0 radical (unpaired) electrons. The second-order valence-electron chi connectivity index (χ2n) is 8.29. The van der Waals surface area contributed by atoms with Crippen molar-refractivity contribution in [2.24, 2.45) is 0 Å². The lowest BCUT2D eigenvalue weighted by atomic mass is 10.0. The molecule has 1 aliphatic heterocycles. The Balaban J connectivity index is 1.36. The van der Waals surface area contributed by atoms with E-state index in [1.807, 2.05) is 72.8 Å². The summed E-state index contributed by atoms with van der Waals surface area (Å²) in [4.78, 5) is 27.7. The number of carbonyl (C=O) groups excluding carboxylic acids is 2. The molecule has 2 heterocycles. The smallest absolute Gasteiger partial charge is 0.255 e. The van der Waals surface area contributed by atoms with Gasteiger partial charge in [0.2, 0.25) is 0 Å². The summed E-state index contributed by atoms with van der Waals surface area (Å²) < 4.78 is 7.25. The van der Waals surface area contributed by atoms with E-state index in [1.54, 1.807) is 12.1 Å². The summed E-state index contributed by atoms with van der Waals surface area (Å²) in [5, 5.41) is 7.73. The Kier molecular flexibility index (Phi) is 6.77. The van der Waals surface area contributed by atoms with Gasteiger partial charge in [-0.3, -0.25) is 9.59 Å². The zero-order valence-corrected chi connectivity index (χ0v) is 19.4. The lowest BCUT2D eigenvalue weighted by molar-refractivity contribution is 0.0698. The van der Waals surface area contributed by atoms with Crippen molar-refractivity contribution in [1.29, 1.82) is 0 Å². The quantitative estimate of drug-likeness (QED) is 0.623. The molecular weight excluding hydrogens is 416 g/mol. The molecule has 1 N–H and O–H groups in total. The van der Waals surface area contributed by atoms with Crippen LogP contribution in [-0.4, -0.2) is 52.2 Å². The summed E-state index contributed by atoms with van der Waals surface area (Å²) in [7, 11) is 0. The predicted octanol–water partition coefficient (Wildman–Crippen LogP) is 3.92. The summed E-state index contributed by atoms with van der Waals surface area (Å²) in [6.45, 7) is 7.52. The SMILES string of the molecule is CCOc1ccc(C(=O)N2CCC(NC(=O)c3c(C)nn(-c4ccccc4)c3C)CC2)cc1. The maximum atomic E-state index is 13.1. The molecule has 1 aromatic heterocycles. The number of nitrogens with zero attached hydrogens (tertiary/aromatic N) is 3. The monoisotopic (exact) mass is 446 g/mol. The Bertz CT molecular complexity index is 1110. The number of carbonyl (C=O) groups is 2. The van der Waals surface area contributed by atoms with Gasteiger partial charge >= 0.3 is 0 Å². The van der Waals surface area contributed by atoms with Crippen molar-refractivity contribution < 1.29 is 14.3 Å². The van der Waals surface area contributed by atoms with Crippen LogP contribution in [0.5, 0.6) is 5.75 Å². The summed E-state index contributed by atoms with van der Waals surface area (Å²) in [6, 6.07) is 17.1. The van der Waals surface area contributed by atoms with Gasteiger partial charge in [0.15, 0.2) is 0 Å². The molecule has 4 rings (SSSR count). The number of hydrogen-bond donors (Lipinski definition) is 1. The number of para-hydroxylation sites is 1. The molecule has 0 unspecified atom stereocenters. The fraction of sp³-hybridized carbons (Fsp3) is 0.346. The van der Waals surface area contributed by atoms with Crippen molar-refractivity contribution in [2.45, 2.75) is 39.7 Å². The largest absolute Gasteiger partial charge is 0.494 e. The zero-order valence-electron chi connectivity index (χ0n) is 19.4. The van der Waals surface area contributed by atoms with Crippen molar-refractivity contribution in [1.82, 2.24) is 20.0 Å². The van der Waals surface area contributed by atoms with Gasteiger partial charge < -0.3 is 15.0 Å². The summed E-state index contributed by atoms with van der Waals surface area (Å²) in [6.07, 6.45) is 1.44. The Morgan fingerprint density at radius 3 is 2.33 bits per heavy atom. The van der Waals surface area contributed by atoms with Crippen LogP contribution in [0.4, 0.5) is 0 Å². The molecule has 1 saturated heterocycles. The van der Waals surface area contributed by atoms with Crippen molar-refractivity contribution in [3.8, 4) is 11.4 Å². The lowest BCUT2D eigenvalue weighted by Crippen LogP contribution is -2.46. The molecule has 0 saturated carbocycles. The first-order valence-corrected chi connectivity index (χ1v) is 11.4. The molecule has 1 aliphatic rings. The van der Waals surface area contributed by atoms with Gasteiger partial charge in [-0.15, -0.1) is 0 Å². The van der Waals surface area contributed by atoms with E-state index < -0.39 is 0 Å². The minimum atomic E-state index is -0.108. The molecule has 33 heavy (non-hydrogen) atoms. The summed E-state index contributed by atoms with van der Waals surface area (Å²) >= 11 is 0. The topological polar surface area (TPSA) is 76.5 Å². The third-order valence-corrected chi connectivity index (χ3v) is 6.05. The molecule has 172 valence electrons. The fourth-order valence-electron chi connectivity index (χ4n) is 4.32. The van der Waals surface area contributed by atoms with E-state index in [0.717, 1.165) is 30.0 Å². The second-order valence-corrected chi connectivity index (χ2v) is 8.29. The van der Waals surface area contributed by atoms with Crippen LogP contribution in [0.3, 0.4) is 0 Å². The molecule has 3 aromatic rings. The Labute approximate surface area is 194 Å². The number of amides is 2. The normalized spacial score (nSPS) is 14.2. The number of hydrogen-bond acceptors (Lipinski definition) is 4. The summed E-state index contributed by atoms with van der Waals surface area (Å²) in [5.41, 5.74) is 3.72. The molecule has 0 bridgehead atoms. The number of benzene rings is 2. The van der Waals surface area contributed by atoms with Crippen LogP contribution >= 0.6 is 0 Å². The number of nitrogens with one attached hydrogen (secondary N) is 1. The summed E-state index contributed by atoms with van der Waals surface area (Å²) in [5.74, 6) is 0.666. The van der Waals surface area contributed by atoms with Crippen LogP contribution in [0, 0.1) is 13.8 Å². The van der Waals surface area contributed by atoms with E-state index in [0.29, 0.717) is 36.5 Å². The molecule has 0 aliphatic carbocycles. The molecule has 0 spiro atoms. The third-order valence-electron chi connectivity index (χ3n) is 6.05. The number of rotatable bonds is 6. The second kappa shape index (κ2) is 9.90. The fourth-order valence-corrected chi connectivity index (χ4v) is 4.32. The van der Waals surface area contributed by atoms with E-state index in [-0.39, 0.29) is 17.9 Å².